The van der Waals surface area contributed by atoms with Crippen LogP contribution in [0.2, 0.25) is 0 Å². The molecule has 0 aliphatic heterocycles. The summed E-state index contributed by atoms with van der Waals surface area (Å²) in [6.45, 7) is 3.41. The zero-order chi connectivity index (χ0) is 28.8. The van der Waals surface area contributed by atoms with E-state index < -0.39 is 15.6 Å². The molecule has 0 aromatic carbocycles. The molecule has 216 valence electrons. The van der Waals surface area contributed by atoms with Crippen LogP contribution < -0.4 is 10.6 Å². The smallest absolute Gasteiger partial charge is 0.256 e. The predicted molar refractivity (Wildman–Crippen MR) is 156 cm³/mol. The Bertz CT molecular complexity index is 1660. The summed E-state index contributed by atoms with van der Waals surface area (Å²) in [7, 11) is -3.48. The lowest BCUT2D eigenvalue weighted by atomic mass is 9.92. The van der Waals surface area contributed by atoms with E-state index in [4.69, 9.17) is 0 Å². The molecular weight excluding hydrogens is 564 g/mol. The van der Waals surface area contributed by atoms with E-state index in [-0.39, 0.29) is 17.4 Å². The first kappa shape index (κ1) is 27.7. The summed E-state index contributed by atoms with van der Waals surface area (Å²) in [4.78, 5) is 18.1. The fraction of sp³-hybridized carbons (Fsp3) is 0.444. The molecule has 0 spiro atoms. The van der Waals surface area contributed by atoms with Crippen molar-refractivity contribution in [2.24, 2.45) is 0 Å². The normalized spacial score (nSPS) is 19.7. The number of aromatic nitrogens is 6. The van der Waals surface area contributed by atoms with E-state index in [1.165, 1.54) is 23.7 Å². The third-order valence-corrected chi connectivity index (χ3v) is 10.3. The summed E-state index contributed by atoms with van der Waals surface area (Å²) < 4.78 is 26.1. The van der Waals surface area contributed by atoms with Crippen LogP contribution in [0.3, 0.4) is 0 Å². The minimum Gasteiger partial charge on any atom is -0.393 e. The molecule has 41 heavy (non-hydrogen) atoms. The van der Waals surface area contributed by atoms with Crippen LogP contribution in [0.1, 0.15) is 57.4 Å². The number of pyridine rings is 1. The van der Waals surface area contributed by atoms with E-state index in [0.717, 1.165) is 34.6 Å². The second kappa shape index (κ2) is 10.7. The van der Waals surface area contributed by atoms with Gasteiger partial charge in [-0.25, -0.2) is 28.4 Å². The Labute approximate surface area is 242 Å². The van der Waals surface area contributed by atoms with Crippen LogP contribution in [0.15, 0.2) is 42.3 Å². The van der Waals surface area contributed by atoms with Gasteiger partial charge in [-0.15, -0.1) is 11.3 Å². The predicted octanol–water partition coefficient (Wildman–Crippen LogP) is 3.89. The van der Waals surface area contributed by atoms with Crippen molar-refractivity contribution in [3.05, 3.63) is 47.3 Å². The molecular formula is C27H32N8O4S2. The second-order valence-electron chi connectivity index (χ2n) is 11.1. The van der Waals surface area contributed by atoms with Gasteiger partial charge >= 0.3 is 0 Å². The molecule has 4 aromatic rings. The summed E-state index contributed by atoms with van der Waals surface area (Å²) >= 11 is 1.39. The molecule has 2 aliphatic rings. The van der Waals surface area contributed by atoms with E-state index in [1.807, 2.05) is 11.4 Å². The molecule has 6 rings (SSSR count). The fourth-order valence-electron chi connectivity index (χ4n) is 4.82. The van der Waals surface area contributed by atoms with Crippen LogP contribution in [0.25, 0.3) is 22.6 Å². The highest BCUT2D eigenvalue weighted by Gasteiger charge is 2.37. The maximum atomic E-state index is 12.5. The number of aliphatic hydroxyl groups is 2. The molecule has 2 fully saturated rings. The van der Waals surface area contributed by atoms with Crippen LogP contribution in [-0.4, -0.2) is 65.1 Å². The molecule has 4 heterocycles. The minimum atomic E-state index is -3.48. The molecule has 0 saturated heterocycles. The summed E-state index contributed by atoms with van der Waals surface area (Å²) in [5, 5.41) is 33.6. The molecule has 2 atom stereocenters. The lowest BCUT2D eigenvalue weighted by molar-refractivity contribution is 0.0783. The van der Waals surface area contributed by atoms with E-state index >= 15 is 0 Å². The highest BCUT2D eigenvalue weighted by Crippen LogP contribution is 2.35. The first-order chi connectivity index (χ1) is 19.6. The van der Waals surface area contributed by atoms with E-state index in [9.17, 15) is 18.6 Å². The monoisotopic (exact) mass is 596 g/mol. The number of rotatable bonds is 9. The third-order valence-electron chi connectivity index (χ3n) is 7.15. The van der Waals surface area contributed by atoms with Crippen molar-refractivity contribution in [1.29, 1.82) is 0 Å². The molecule has 4 aromatic heterocycles. The largest absolute Gasteiger partial charge is 0.393 e. The Morgan fingerprint density at radius 3 is 2.66 bits per heavy atom. The minimum absolute atomic E-state index is 0.0919. The fourth-order valence-corrected chi connectivity index (χ4v) is 7.14. The van der Waals surface area contributed by atoms with Crippen molar-refractivity contribution in [2.75, 3.05) is 10.6 Å². The molecule has 14 heteroatoms. The van der Waals surface area contributed by atoms with Crippen LogP contribution >= 0.6 is 11.3 Å². The number of anilines is 3. The van der Waals surface area contributed by atoms with Crippen molar-refractivity contribution >= 4 is 38.7 Å². The average Bonchev–Trinajstić information content (AvgIpc) is 3.45. The molecule has 12 nitrogen and oxygen atoms in total. The lowest BCUT2D eigenvalue weighted by Gasteiger charge is -2.28. The number of hydrogen-bond acceptors (Lipinski definition) is 12. The Morgan fingerprint density at radius 2 is 1.93 bits per heavy atom. The molecule has 0 amide bonds. The maximum absolute atomic E-state index is 12.5. The number of thiazole rings is 1. The first-order valence-electron chi connectivity index (χ1n) is 13.6. The van der Waals surface area contributed by atoms with Crippen molar-refractivity contribution in [2.45, 2.75) is 75.4 Å². The average molecular weight is 597 g/mol. The highest BCUT2D eigenvalue weighted by atomic mass is 32.2. The van der Waals surface area contributed by atoms with Crippen LogP contribution in [-0.2, 0) is 15.6 Å². The molecule has 4 N–H and O–H groups in total. The first-order valence-corrected chi connectivity index (χ1v) is 16.0. The van der Waals surface area contributed by atoms with Gasteiger partial charge in [-0.1, -0.05) is 0 Å². The zero-order valence-electron chi connectivity index (χ0n) is 22.7. The van der Waals surface area contributed by atoms with E-state index in [1.54, 1.807) is 32.3 Å². The van der Waals surface area contributed by atoms with Gasteiger partial charge in [-0.05, 0) is 58.4 Å². The highest BCUT2D eigenvalue weighted by molar-refractivity contribution is 7.90. The van der Waals surface area contributed by atoms with Gasteiger partial charge in [0.05, 0.1) is 35.0 Å². The number of nitrogens with one attached hydrogen (secondary N) is 2. The van der Waals surface area contributed by atoms with Gasteiger partial charge in [-0.3, -0.25) is 0 Å². The van der Waals surface area contributed by atoms with Crippen molar-refractivity contribution < 1.29 is 18.6 Å². The van der Waals surface area contributed by atoms with Gasteiger partial charge in [0.2, 0.25) is 0 Å². The standard InChI is InChI=1S/C27H32N8O4S2/c1-27(2,37)26-32-22(15-40-26)20-13-29-24(11-21(20)31-17-4-3-5-18(36)10-17)33-23-8-9-28-25(34-23)16-12-30-35(14-16)41(38,39)19-6-7-19/h8-9,11-15,17-19,36-37H,3-7,10H2,1-2H3,(H2,28,29,31,33,34)/t17-,18-/m0/s1. The maximum Gasteiger partial charge on any atom is 0.256 e. The topological polar surface area (TPSA) is 168 Å². The Kier molecular flexibility index (Phi) is 7.26. The quantitative estimate of drug-likeness (QED) is 0.221. The van der Waals surface area contributed by atoms with Gasteiger partial charge in [-0.2, -0.15) is 9.19 Å². The van der Waals surface area contributed by atoms with Crippen molar-refractivity contribution in [3.63, 3.8) is 0 Å². The number of aliphatic hydroxyl groups excluding tert-OH is 1. The van der Waals surface area contributed by atoms with Crippen molar-refractivity contribution in [1.82, 2.24) is 29.1 Å². The number of hydrogen-bond donors (Lipinski definition) is 4. The van der Waals surface area contributed by atoms with Gasteiger partial charge in [0, 0.05) is 41.1 Å². The van der Waals surface area contributed by atoms with E-state index in [0.29, 0.717) is 53.0 Å². The SMILES string of the molecule is CC(C)(O)c1nc(-c2cnc(Nc3ccnc(-c4cnn(S(=O)(=O)C5CC5)c4)n3)cc2N[C@H]2CCC[C@H](O)C2)cs1. The summed E-state index contributed by atoms with van der Waals surface area (Å²) in [5.41, 5.74) is 1.73. The van der Waals surface area contributed by atoms with Crippen LogP contribution in [0.4, 0.5) is 17.3 Å². The molecule has 2 aliphatic carbocycles. The van der Waals surface area contributed by atoms with Gasteiger partial charge in [0.25, 0.3) is 10.0 Å². The third kappa shape index (κ3) is 6.10. The van der Waals surface area contributed by atoms with Crippen LogP contribution in [0.5, 0.6) is 0 Å². The molecule has 0 bridgehead atoms. The zero-order valence-corrected chi connectivity index (χ0v) is 24.4. The number of nitrogens with zero attached hydrogens (tertiary/aromatic N) is 6. The molecule has 0 unspecified atom stereocenters. The Morgan fingerprint density at radius 1 is 1.10 bits per heavy atom. The van der Waals surface area contributed by atoms with E-state index in [2.05, 4.69) is 35.7 Å². The summed E-state index contributed by atoms with van der Waals surface area (Å²) in [6.07, 6.45) is 10.5. The van der Waals surface area contributed by atoms with Gasteiger partial charge in [0.15, 0.2) is 5.82 Å². The molecule has 2 saturated carbocycles. The second-order valence-corrected chi connectivity index (χ2v) is 14.0. The summed E-state index contributed by atoms with van der Waals surface area (Å²) in [6, 6.07) is 3.67. The van der Waals surface area contributed by atoms with Gasteiger partial charge < -0.3 is 20.8 Å². The van der Waals surface area contributed by atoms with Crippen LogP contribution in [0, 0.1) is 0 Å². The summed E-state index contributed by atoms with van der Waals surface area (Å²) in [5.74, 6) is 1.34. The Hall–Kier alpha value is -3.46. The van der Waals surface area contributed by atoms with Crippen molar-refractivity contribution in [3.8, 4) is 22.6 Å². The Balaban J connectivity index is 1.27. The van der Waals surface area contributed by atoms with Gasteiger partial charge in [0.1, 0.15) is 22.2 Å². The molecule has 0 radical (unpaired) electrons. The lowest BCUT2D eigenvalue weighted by Crippen LogP contribution is -2.30.